The predicted molar refractivity (Wildman–Crippen MR) is 92.2 cm³/mol. The van der Waals surface area contributed by atoms with Crippen LogP contribution >= 0.6 is 11.8 Å². The van der Waals surface area contributed by atoms with Gasteiger partial charge in [-0.1, -0.05) is 30.3 Å². The first-order valence-electron chi connectivity index (χ1n) is 7.34. The van der Waals surface area contributed by atoms with Gasteiger partial charge in [-0.25, -0.2) is 0 Å². The molecule has 0 spiro atoms. The minimum atomic E-state index is 1.24. The summed E-state index contributed by atoms with van der Waals surface area (Å²) in [6, 6.07) is 21.5. The number of aromatic nitrogens is 2. The first kappa shape index (κ1) is 13.4. The lowest BCUT2D eigenvalue weighted by Gasteiger charge is -2.05. The Bertz CT molecular complexity index is 985. The first-order valence-corrected chi connectivity index (χ1v) is 8.16. The molecule has 4 aromatic rings. The molecule has 0 amide bonds. The molecule has 0 aliphatic carbocycles. The molecule has 0 N–H and O–H groups in total. The highest BCUT2D eigenvalue weighted by molar-refractivity contribution is 7.99. The summed E-state index contributed by atoms with van der Waals surface area (Å²) in [5.41, 5.74) is 2.58. The van der Waals surface area contributed by atoms with Crippen molar-refractivity contribution < 1.29 is 4.57 Å². The molecule has 0 atom stereocenters. The van der Waals surface area contributed by atoms with E-state index in [0.29, 0.717) is 0 Å². The minimum Gasteiger partial charge on any atom is -0.343 e. The molecule has 2 heterocycles. The Kier molecular flexibility index (Phi) is 3.16. The standard InChI is InChI=1S/C19H17N2S/c1-20-13-6-5-12-18(20)22-17-11-7-9-15-14-8-3-4-10-16(14)21(2)19(15)17/h3-13H,1-2H3/q+1. The van der Waals surface area contributed by atoms with Crippen molar-refractivity contribution in [1.29, 1.82) is 0 Å². The van der Waals surface area contributed by atoms with E-state index in [-0.39, 0.29) is 0 Å². The van der Waals surface area contributed by atoms with Gasteiger partial charge >= 0.3 is 0 Å². The zero-order valence-electron chi connectivity index (χ0n) is 12.7. The number of hydrogen-bond acceptors (Lipinski definition) is 1. The predicted octanol–water partition coefficient (Wildman–Crippen LogP) is 4.31. The fraction of sp³-hybridized carbons (Fsp3) is 0.105. The van der Waals surface area contributed by atoms with Gasteiger partial charge in [0.25, 0.3) is 0 Å². The molecule has 3 heteroatoms. The molecular formula is C19H17N2S+. The van der Waals surface area contributed by atoms with Crippen LogP contribution in [0.3, 0.4) is 0 Å². The fourth-order valence-electron chi connectivity index (χ4n) is 3.01. The van der Waals surface area contributed by atoms with Crippen LogP contribution in [0.5, 0.6) is 0 Å². The van der Waals surface area contributed by atoms with E-state index in [1.165, 1.54) is 31.7 Å². The number of para-hydroxylation sites is 2. The lowest BCUT2D eigenvalue weighted by atomic mass is 10.1. The van der Waals surface area contributed by atoms with Gasteiger partial charge in [-0.2, -0.15) is 4.57 Å². The minimum absolute atomic E-state index is 1.24. The van der Waals surface area contributed by atoms with Crippen molar-refractivity contribution >= 4 is 33.6 Å². The summed E-state index contributed by atoms with van der Waals surface area (Å²) < 4.78 is 4.46. The van der Waals surface area contributed by atoms with E-state index >= 15 is 0 Å². The number of rotatable bonds is 2. The zero-order valence-corrected chi connectivity index (χ0v) is 13.5. The summed E-state index contributed by atoms with van der Waals surface area (Å²) in [6.07, 6.45) is 2.09. The maximum absolute atomic E-state index is 2.30. The smallest absolute Gasteiger partial charge is 0.244 e. The van der Waals surface area contributed by atoms with E-state index in [1.807, 2.05) is 11.8 Å². The SMILES string of the molecule is Cn1c2ccccc2c2cccc(Sc3cccc[n+]3C)c21. The molecule has 0 saturated carbocycles. The Morgan fingerprint density at radius 2 is 1.64 bits per heavy atom. The average Bonchev–Trinajstić information content (AvgIpc) is 2.84. The van der Waals surface area contributed by atoms with Crippen molar-refractivity contribution in [2.24, 2.45) is 14.1 Å². The molecule has 22 heavy (non-hydrogen) atoms. The first-order chi connectivity index (χ1) is 10.8. The van der Waals surface area contributed by atoms with Crippen molar-refractivity contribution in [3.63, 3.8) is 0 Å². The van der Waals surface area contributed by atoms with Crippen LogP contribution in [0.15, 0.2) is 76.8 Å². The number of aryl methyl sites for hydroxylation is 2. The summed E-state index contributed by atoms with van der Waals surface area (Å²) >= 11 is 1.82. The van der Waals surface area contributed by atoms with Crippen molar-refractivity contribution in [1.82, 2.24) is 4.57 Å². The van der Waals surface area contributed by atoms with Crippen LogP contribution in [0.2, 0.25) is 0 Å². The van der Waals surface area contributed by atoms with Crippen LogP contribution in [-0.2, 0) is 14.1 Å². The van der Waals surface area contributed by atoms with Crippen LogP contribution in [0, 0.1) is 0 Å². The summed E-state index contributed by atoms with van der Waals surface area (Å²) in [7, 11) is 4.24. The van der Waals surface area contributed by atoms with Crippen LogP contribution in [0.4, 0.5) is 0 Å². The maximum atomic E-state index is 2.30. The third-order valence-corrected chi connectivity index (χ3v) is 5.29. The van der Waals surface area contributed by atoms with E-state index in [4.69, 9.17) is 0 Å². The molecule has 4 rings (SSSR count). The van der Waals surface area contributed by atoms with Crippen molar-refractivity contribution in [2.45, 2.75) is 9.92 Å². The number of pyridine rings is 1. The monoisotopic (exact) mass is 305 g/mol. The molecule has 2 nitrogen and oxygen atoms in total. The second-order valence-electron chi connectivity index (χ2n) is 5.48. The highest BCUT2D eigenvalue weighted by Crippen LogP contribution is 2.36. The summed E-state index contributed by atoms with van der Waals surface area (Å²) in [4.78, 5) is 1.29. The molecule has 0 saturated heterocycles. The van der Waals surface area contributed by atoms with Gasteiger partial charge in [0.15, 0.2) is 6.20 Å². The largest absolute Gasteiger partial charge is 0.343 e. The molecule has 0 fully saturated rings. The molecule has 0 radical (unpaired) electrons. The molecule has 0 bridgehead atoms. The summed E-state index contributed by atoms with van der Waals surface area (Å²) in [6.45, 7) is 0. The molecular weight excluding hydrogens is 288 g/mol. The van der Waals surface area contributed by atoms with E-state index in [1.54, 1.807) is 0 Å². The van der Waals surface area contributed by atoms with Crippen LogP contribution < -0.4 is 4.57 Å². The van der Waals surface area contributed by atoms with Gasteiger partial charge in [0.1, 0.15) is 7.05 Å². The normalized spacial score (nSPS) is 11.4. The topological polar surface area (TPSA) is 8.81 Å². The van der Waals surface area contributed by atoms with Gasteiger partial charge in [-0.05, 0) is 30.0 Å². The lowest BCUT2D eigenvalue weighted by molar-refractivity contribution is -0.708. The molecule has 0 aliphatic heterocycles. The summed E-state index contributed by atoms with van der Waals surface area (Å²) in [5.74, 6) is 0. The van der Waals surface area contributed by atoms with Gasteiger partial charge in [-0.15, -0.1) is 0 Å². The fourth-order valence-corrected chi connectivity index (χ4v) is 4.08. The zero-order chi connectivity index (χ0) is 15.1. The van der Waals surface area contributed by atoms with Gasteiger partial charge in [0.2, 0.25) is 5.03 Å². The van der Waals surface area contributed by atoms with E-state index < -0.39 is 0 Å². The average molecular weight is 305 g/mol. The van der Waals surface area contributed by atoms with Crippen LogP contribution in [0.1, 0.15) is 0 Å². The second kappa shape index (κ2) is 5.18. The molecule has 0 aliphatic rings. The molecule has 108 valence electrons. The number of fused-ring (bicyclic) bond motifs is 3. The van der Waals surface area contributed by atoms with E-state index in [2.05, 4.69) is 90.1 Å². The van der Waals surface area contributed by atoms with E-state index in [0.717, 1.165) is 0 Å². The number of nitrogens with zero attached hydrogens (tertiary/aromatic N) is 2. The number of benzene rings is 2. The van der Waals surface area contributed by atoms with Crippen LogP contribution in [-0.4, -0.2) is 4.57 Å². The Labute approximate surface area is 134 Å². The highest BCUT2D eigenvalue weighted by atomic mass is 32.2. The second-order valence-corrected chi connectivity index (χ2v) is 6.54. The lowest BCUT2D eigenvalue weighted by Crippen LogP contribution is -2.29. The Balaban J connectivity index is 1.97. The maximum Gasteiger partial charge on any atom is 0.244 e. The van der Waals surface area contributed by atoms with Gasteiger partial charge in [-0.3, -0.25) is 0 Å². The Morgan fingerprint density at radius 3 is 2.50 bits per heavy atom. The Hall–Kier alpha value is -2.26. The van der Waals surface area contributed by atoms with Crippen molar-refractivity contribution in [2.75, 3.05) is 0 Å². The number of hydrogen-bond donors (Lipinski definition) is 0. The van der Waals surface area contributed by atoms with Gasteiger partial charge in [0.05, 0.1) is 5.52 Å². The summed E-state index contributed by atoms with van der Waals surface area (Å²) in [5, 5.41) is 3.88. The van der Waals surface area contributed by atoms with Gasteiger partial charge < -0.3 is 4.57 Å². The van der Waals surface area contributed by atoms with E-state index in [9.17, 15) is 0 Å². The van der Waals surface area contributed by atoms with Crippen LogP contribution in [0.25, 0.3) is 21.8 Å². The third kappa shape index (κ3) is 2.01. The third-order valence-electron chi connectivity index (χ3n) is 4.11. The Morgan fingerprint density at radius 1 is 0.864 bits per heavy atom. The van der Waals surface area contributed by atoms with Crippen molar-refractivity contribution in [3.8, 4) is 0 Å². The highest BCUT2D eigenvalue weighted by Gasteiger charge is 2.15. The molecule has 0 unspecified atom stereocenters. The van der Waals surface area contributed by atoms with Gasteiger partial charge in [0, 0.05) is 40.4 Å². The quantitative estimate of drug-likeness (QED) is 0.501. The molecule has 2 aromatic heterocycles. The molecule has 2 aromatic carbocycles. The van der Waals surface area contributed by atoms with Crippen molar-refractivity contribution in [3.05, 3.63) is 66.9 Å².